The highest BCUT2D eigenvalue weighted by Crippen LogP contribution is 2.31. The maximum atomic E-state index is 12.3. The predicted molar refractivity (Wildman–Crippen MR) is 91.8 cm³/mol. The van der Waals surface area contributed by atoms with E-state index in [9.17, 15) is 14.9 Å². The van der Waals surface area contributed by atoms with E-state index >= 15 is 0 Å². The first kappa shape index (κ1) is 15.5. The second-order valence-electron chi connectivity index (χ2n) is 5.37. The topological polar surface area (TPSA) is 84.3 Å². The van der Waals surface area contributed by atoms with Crippen molar-refractivity contribution in [3.05, 3.63) is 62.6 Å². The Kier molecular flexibility index (Phi) is 4.29. The summed E-state index contributed by atoms with van der Waals surface area (Å²) in [6.07, 6.45) is 2.03. The summed E-state index contributed by atoms with van der Waals surface area (Å²) >= 11 is 3.33. The van der Waals surface area contributed by atoms with E-state index in [1.54, 1.807) is 30.3 Å². The largest absolute Gasteiger partial charge is 0.377 e. The Morgan fingerprint density at radius 1 is 1.22 bits per heavy atom. The van der Waals surface area contributed by atoms with E-state index in [-0.39, 0.29) is 17.2 Å². The zero-order chi connectivity index (χ0) is 16.4. The van der Waals surface area contributed by atoms with Crippen LogP contribution in [0.25, 0.3) is 0 Å². The summed E-state index contributed by atoms with van der Waals surface area (Å²) in [5, 5.41) is 17.1. The smallest absolute Gasteiger partial charge is 0.293 e. The number of hydrogen-bond acceptors (Lipinski definition) is 4. The van der Waals surface area contributed by atoms with E-state index in [1.165, 1.54) is 6.07 Å². The lowest BCUT2D eigenvalue weighted by molar-refractivity contribution is -0.384. The Hall–Kier alpha value is -2.41. The van der Waals surface area contributed by atoms with Gasteiger partial charge in [0.25, 0.3) is 11.6 Å². The second-order valence-corrected chi connectivity index (χ2v) is 6.29. The van der Waals surface area contributed by atoms with E-state index in [1.807, 2.05) is 6.07 Å². The number of carbonyl (C=O) groups excluding carboxylic acids is 1. The van der Waals surface area contributed by atoms with Gasteiger partial charge in [-0.05, 0) is 43.2 Å². The van der Waals surface area contributed by atoms with Gasteiger partial charge in [-0.15, -0.1) is 0 Å². The Balaban J connectivity index is 1.82. The van der Waals surface area contributed by atoms with Crippen LogP contribution >= 0.6 is 15.9 Å². The van der Waals surface area contributed by atoms with Gasteiger partial charge in [0, 0.05) is 27.8 Å². The van der Waals surface area contributed by atoms with E-state index in [4.69, 9.17) is 0 Å². The maximum Gasteiger partial charge on any atom is 0.293 e. The minimum absolute atomic E-state index is 0.0845. The molecule has 1 aliphatic carbocycles. The molecule has 0 saturated heterocycles. The van der Waals surface area contributed by atoms with Crippen molar-refractivity contribution in [3.63, 3.8) is 0 Å². The van der Waals surface area contributed by atoms with Gasteiger partial charge < -0.3 is 10.6 Å². The van der Waals surface area contributed by atoms with Gasteiger partial charge in [0.15, 0.2) is 0 Å². The molecule has 1 saturated carbocycles. The molecule has 0 spiro atoms. The van der Waals surface area contributed by atoms with Crippen LogP contribution < -0.4 is 10.6 Å². The summed E-state index contributed by atoms with van der Waals surface area (Å²) in [5.41, 5.74) is 1.24. The van der Waals surface area contributed by atoms with Gasteiger partial charge in [0.05, 0.1) is 4.92 Å². The number of carbonyl (C=O) groups is 1. The van der Waals surface area contributed by atoms with Gasteiger partial charge in [-0.1, -0.05) is 22.0 Å². The van der Waals surface area contributed by atoms with Crippen molar-refractivity contribution in [2.24, 2.45) is 0 Å². The van der Waals surface area contributed by atoms with Crippen molar-refractivity contribution in [3.8, 4) is 0 Å². The number of nitrogens with zero attached hydrogens (tertiary/aromatic N) is 1. The third-order valence-electron chi connectivity index (χ3n) is 3.48. The van der Waals surface area contributed by atoms with Crippen LogP contribution in [-0.4, -0.2) is 16.9 Å². The van der Waals surface area contributed by atoms with E-state index in [2.05, 4.69) is 26.6 Å². The second kappa shape index (κ2) is 6.37. The molecule has 0 aliphatic heterocycles. The van der Waals surface area contributed by atoms with Crippen molar-refractivity contribution < 1.29 is 9.72 Å². The molecular formula is C16H14BrN3O3. The molecule has 0 aromatic heterocycles. The van der Waals surface area contributed by atoms with Crippen molar-refractivity contribution >= 4 is 38.9 Å². The molecule has 1 aliphatic rings. The average Bonchev–Trinajstić information content (AvgIpc) is 3.31. The van der Waals surface area contributed by atoms with Crippen molar-refractivity contribution in [1.82, 2.24) is 0 Å². The minimum Gasteiger partial charge on any atom is -0.377 e. The van der Waals surface area contributed by atoms with Crippen molar-refractivity contribution in [2.75, 3.05) is 10.6 Å². The molecule has 1 fully saturated rings. The molecule has 0 unspecified atom stereocenters. The van der Waals surface area contributed by atoms with Gasteiger partial charge in [-0.2, -0.15) is 0 Å². The number of nitro groups is 1. The fourth-order valence-electron chi connectivity index (χ4n) is 2.16. The molecule has 2 aromatic carbocycles. The summed E-state index contributed by atoms with van der Waals surface area (Å²) in [4.78, 5) is 23.0. The molecule has 7 heteroatoms. The number of amides is 1. The normalized spacial score (nSPS) is 13.4. The van der Waals surface area contributed by atoms with Gasteiger partial charge in [0.1, 0.15) is 5.69 Å². The Morgan fingerprint density at radius 2 is 2.00 bits per heavy atom. The summed E-state index contributed by atoms with van der Waals surface area (Å²) < 4.78 is 0.838. The molecule has 2 aromatic rings. The third kappa shape index (κ3) is 3.87. The van der Waals surface area contributed by atoms with Crippen molar-refractivity contribution in [2.45, 2.75) is 18.9 Å². The van der Waals surface area contributed by atoms with E-state index in [0.717, 1.165) is 17.3 Å². The van der Waals surface area contributed by atoms with Crippen LogP contribution in [0.3, 0.4) is 0 Å². The van der Waals surface area contributed by atoms with Gasteiger partial charge in [-0.3, -0.25) is 14.9 Å². The number of rotatable bonds is 5. The molecule has 118 valence electrons. The molecule has 3 rings (SSSR count). The van der Waals surface area contributed by atoms with Crippen LogP contribution in [0.4, 0.5) is 17.1 Å². The highest BCUT2D eigenvalue weighted by atomic mass is 79.9. The Morgan fingerprint density at radius 3 is 2.65 bits per heavy atom. The zero-order valence-corrected chi connectivity index (χ0v) is 13.7. The lowest BCUT2D eigenvalue weighted by Crippen LogP contribution is -2.13. The lowest BCUT2D eigenvalue weighted by Gasteiger charge is -2.09. The predicted octanol–water partition coefficient (Wildman–Crippen LogP) is 4.18. The summed E-state index contributed by atoms with van der Waals surface area (Å²) in [6, 6.07) is 11.9. The Labute approximate surface area is 141 Å². The molecular weight excluding hydrogens is 362 g/mol. The first-order valence-corrected chi connectivity index (χ1v) is 7.94. The first-order chi connectivity index (χ1) is 11.0. The number of nitro benzene ring substituents is 1. The summed E-state index contributed by atoms with van der Waals surface area (Å²) in [6.45, 7) is 0. The highest BCUT2D eigenvalue weighted by Gasteiger charge is 2.25. The van der Waals surface area contributed by atoms with E-state index in [0.29, 0.717) is 17.4 Å². The molecule has 0 radical (unpaired) electrons. The SMILES string of the molecule is O=C(Nc1cccc(Br)c1)c1ccc(NC2CC2)c([N+](=O)[O-])c1. The molecule has 0 heterocycles. The van der Waals surface area contributed by atoms with Crippen LogP contribution in [0.1, 0.15) is 23.2 Å². The van der Waals surface area contributed by atoms with Crippen molar-refractivity contribution in [1.29, 1.82) is 0 Å². The minimum atomic E-state index is -0.472. The van der Waals surface area contributed by atoms with Crippen LogP contribution in [0.5, 0.6) is 0 Å². The lowest BCUT2D eigenvalue weighted by atomic mass is 10.1. The molecule has 1 amide bonds. The van der Waals surface area contributed by atoms with Crippen LogP contribution in [0, 0.1) is 10.1 Å². The molecule has 2 N–H and O–H groups in total. The van der Waals surface area contributed by atoms with Gasteiger partial charge in [-0.25, -0.2) is 0 Å². The molecule has 0 bridgehead atoms. The average molecular weight is 376 g/mol. The highest BCUT2D eigenvalue weighted by molar-refractivity contribution is 9.10. The van der Waals surface area contributed by atoms with Crippen LogP contribution in [0.15, 0.2) is 46.9 Å². The monoisotopic (exact) mass is 375 g/mol. The standard InChI is InChI=1S/C16H14BrN3O3/c17-11-2-1-3-13(9-11)19-16(21)10-4-7-14(18-12-5-6-12)15(8-10)20(22)23/h1-4,7-9,12,18H,5-6H2,(H,19,21). The molecule has 23 heavy (non-hydrogen) atoms. The third-order valence-corrected chi connectivity index (χ3v) is 3.97. The van der Waals surface area contributed by atoms with Crippen LogP contribution in [0.2, 0.25) is 0 Å². The zero-order valence-electron chi connectivity index (χ0n) is 12.1. The number of benzene rings is 2. The van der Waals surface area contributed by atoms with Gasteiger partial charge in [0.2, 0.25) is 0 Å². The summed E-state index contributed by atoms with van der Waals surface area (Å²) in [7, 11) is 0. The molecule has 6 nitrogen and oxygen atoms in total. The number of anilines is 2. The van der Waals surface area contributed by atoms with Crippen LogP contribution in [-0.2, 0) is 0 Å². The Bertz CT molecular complexity index is 775. The fourth-order valence-corrected chi connectivity index (χ4v) is 2.56. The number of nitrogens with one attached hydrogen (secondary N) is 2. The first-order valence-electron chi connectivity index (χ1n) is 7.15. The summed E-state index contributed by atoms with van der Waals surface area (Å²) in [5.74, 6) is -0.385. The quantitative estimate of drug-likeness (QED) is 0.606. The van der Waals surface area contributed by atoms with Gasteiger partial charge >= 0.3 is 0 Å². The van der Waals surface area contributed by atoms with E-state index < -0.39 is 4.92 Å². The fraction of sp³-hybridized carbons (Fsp3) is 0.188. The number of hydrogen-bond donors (Lipinski definition) is 2. The number of halogens is 1. The maximum absolute atomic E-state index is 12.3. The molecule has 0 atom stereocenters.